The Hall–Kier alpha value is -2.41. The van der Waals surface area contributed by atoms with E-state index in [4.69, 9.17) is 10.3 Å². The minimum Gasteiger partial charge on any atom is -0.508 e. The topological polar surface area (TPSA) is 111 Å². The lowest BCUT2D eigenvalue weighted by Crippen LogP contribution is -2.19. The zero-order chi connectivity index (χ0) is 14.8. The largest absolute Gasteiger partial charge is 0.508 e. The number of carbonyl (C=O) groups excluding carboxylic acids is 2. The van der Waals surface area contributed by atoms with Crippen molar-refractivity contribution in [1.82, 2.24) is 10.9 Å². The Balaban J connectivity index is 2.19. The first-order chi connectivity index (χ1) is 9.61. The van der Waals surface area contributed by atoms with E-state index in [1.165, 1.54) is 23.8 Å². The summed E-state index contributed by atoms with van der Waals surface area (Å²) in [4.78, 5) is 22.1. The normalized spacial score (nSPS) is 10.4. The van der Waals surface area contributed by atoms with E-state index in [1.807, 2.05) is 0 Å². The number of hydrogen-bond acceptors (Lipinski definition) is 5. The molecule has 0 fully saturated rings. The van der Waals surface area contributed by atoms with E-state index in [2.05, 4.69) is 10.5 Å². The number of benzene rings is 1. The van der Waals surface area contributed by atoms with Crippen molar-refractivity contribution in [3.8, 4) is 5.75 Å². The first kappa shape index (κ1) is 15.6. The van der Waals surface area contributed by atoms with Crippen LogP contribution in [-0.4, -0.2) is 28.3 Å². The van der Waals surface area contributed by atoms with Crippen molar-refractivity contribution in [2.45, 2.75) is 25.7 Å². The summed E-state index contributed by atoms with van der Waals surface area (Å²) in [6.45, 7) is 0. The Bertz CT molecular complexity index is 471. The Morgan fingerprint density at radius 2 is 1.70 bits per heavy atom. The van der Waals surface area contributed by atoms with Crippen molar-refractivity contribution in [2.75, 3.05) is 0 Å². The van der Waals surface area contributed by atoms with Gasteiger partial charge >= 0.3 is 0 Å². The van der Waals surface area contributed by atoms with Crippen LogP contribution in [0.5, 0.6) is 5.75 Å². The number of nitrogens with zero attached hydrogens (tertiary/aromatic N) is 1. The molecule has 7 heteroatoms. The van der Waals surface area contributed by atoms with Crippen molar-refractivity contribution in [3.05, 3.63) is 29.8 Å². The molecule has 0 spiro atoms. The SMILES string of the molecule is O=C(CCCCC(=O)N/N=C/c1ccc(O)cc1)NO. The van der Waals surface area contributed by atoms with Crippen LogP contribution in [0.4, 0.5) is 0 Å². The van der Waals surface area contributed by atoms with Crippen LogP contribution in [0.15, 0.2) is 29.4 Å². The molecule has 0 saturated carbocycles. The molecule has 2 amide bonds. The minimum atomic E-state index is -0.462. The summed E-state index contributed by atoms with van der Waals surface area (Å²) >= 11 is 0. The predicted octanol–water partition coefficient (Wildman–Crippen LogP) is 0.908. The Morgan fingerprint density at radius 1 is 1.10 bits per heavy atom. The number of phenolic OH excluding ortho intramolecular Hbond substituents is 1. The molecule has 0 heterocycles. The number of hydrogen-bond donors (Lipinski definition) is 4. The van der Waals surface area contributed by atoms with E-state index >= 15 is 0 Å². The van der Waals surface area contributed by atoms with Gasteiger partial charge in [0.15, 0.2) is 0 Å². The quantitative estimate of drug-likeness (QED) is 0.257. The molecule has 108 valence electrons. The summed E-state index contributed by atoms with van der Waals surface area (Å²) in [5, 5.41) is 21.1. The fraction of sp³-hybridized carbons (Fsp3) is 0.308. The summed E-state index contributed by atoms with van der Waals surface area (Å²) in [6.07, 6.45) is 2.96. The minimum absolute atomic E-state index is 0.165. The van der Waals surface area contributed by atoms with Gasteiger partial charge in [0.2, 0.25) is 11.8 Å². The lowest BCUT2D eigenvalue weighted by Gasteiger charge is -2.00. The standard InChI is InChI=1S/C13H17N3O4/c17-11-7-5-10(6-8-11)9-14-15-12(18)3-1-2-4-13(19)16-20/h5-9,17,20H,1-4H2,(H,15,18)(H,16,19)/b14-9+. The molecule has 0 radical (unpaired) electrons. The van der Waals surface area contributed by atoms with Gasteiger partial charge in [0.05, 0.1) is 6.21 Å². The Kier molecular flexibility index (Phi) is 6.77. The van der Waals surface area contributed by atoms with Crippen LogP contribution in [0.2, 0.25) is 0 Å². The molecule has 0 saturated heterocycles. The van der Waals surface area contributed by atoms with E-state index in [9.17, 15) is 9.59 Å². The van der Waals surface area contributed by atoms with Crippen LogP contribution in [-0.2, 0) is 9.59 Å². The lowest BCUT2D eigenvalue weighted by atomic mass is 10.2. The molecule has 0 aliphatic rings. The molecular weight excluding hydrogens is 262 g/mol. The van der Waals surface area contributed by atoms with Crippen molar-refractivity contribution < 1.29 is 19.9 Å². The predicted molar refractivity (Wildman–Crippen MR) is 72.2 cm³/mol. The molecule has 0 aliphatic heterocycles. The highest BCUT2D eigenvalue weighted by molar-refractivity contribution is 5.82. The zero-order valence-corrected chi connectivity index (χ0v) is 10.9. The molecular formula is C13H17N3O4. The first-order valence-corrected chi connectivity index (χ1v) is 6.15. The summed E-state index contributed by atoms with van der Waals surface area (Å²) in [5.74, 6) is -0.543. The second-order valence-corrected chi connectivity index (χ2v) is 4.13. The fourth-order valence-electron chi connectivity index (χ4n) is 1.42. The third-order valence-corrected chi connectivity index (χ3v) is 2.48. The van der Waals surface area contributed by atoms with Crippen molar-refractivity contribution in [3.63, 3.8) is 0 Å². The maximum absolute atomic E-state index is 11.4. The molecule has 7 nitrogen and oxygen atoms in total. The lowest BCUT2D eigenvalue weighted by molar-refractivity contribution is -0.129. The van der Waals surface area contributed by atoms with Gasteiger partial charge in [0.25, 0.3) is 0 Å². The molecule has 0 atom stereocenters. The number of aromatic hydroxyl groups is 1. The van der Waals surface area contributed by atoms with Gasteiger partial charge < -0.3 is 5.11 Å². The van der Waals surface area contributed by atoms with Gasteiger partial charge in [0.1, 0.15) is 5.75 Å². The Morgan fingerprint density at radius 3 is 2.30 bits per heavy atom. The van der Waals surface area contributed by atoms with Crippen molar-refractivity contribution in [2.24, 2.45) is 5.10 Å². The summed E-state index contributed by atoms with van der Waals surface area (Å²) in [7, 11) is 0. The number of unbranched alkanes of at least 4 members (excludes halogenated alkanes) is 1. The number of amides is 2. The number of rotatable bonds is 7. The van der Waals surface area contributed by atoms with Crippen molar-refractivity contribution in [1.29, 1.82) is 0 Å². The van der Waals surface area contributed by atoms with Crippen molar-refractivity contribution >= 4 is 18.0 Å². The fourth-order valence-corrected chi connectivity index (χ4v) is 1.42. The summed E-state index contributed by atoms with van der Waals surface area (Å²) in [5.41, 5.74) is 4.65. The van der Waals surface area contributed by atoms with E-state index < -0.39 is 5.91 Å². The molecule has 1 aromatic carbocycles. The van der Waals surface area contributed by atoms with Gasteiger partial charge in [-0.2, -0.15) is 5.10 Å². The van der Waals surface area contributed by atoms with E-state index in [-0.39, 0.29) is 24.5 Å². The maximum Gasteiger partial charge on any atom is 0.243 e. The average Bonchev–Trinajstić information content (AvgIpc) is 2.45. The van der Waals surface area contributed by atoms with E-state index in [0.717, 1.165) is 5.56 Å². The molecule has 0 aliphatic carbocycles. The number of hydrazone groups is 1. The average molecular weight is 279 g/mol. The van der Waals surface area contributed by atoms with Crippen LogP contribution in [0.1, 0.15) is 31.2 Å². The number of carbonyl (C=O) groups is 2. The smallest absolute Gasteiger partial charge is 0.243 e. The van der Waals surface area contributed by atoms with Gasteiger partial charge in [-0.15, -0.1) is 0 Å². The number of hydroxylamine groups is 1. The van der Waals surface area contributed by atoms with Gasteiger partial charge in [-0.25, -0.2) is 10.9 Å². The summed E-state index contributed by atoms with van der Waals surface area (Å²) in [6, 6.07) is 6.38. The van der Waals surface area contributed by atoms with Crippen LogP contribution < -0.4 is 10.9 Å². The third kappa shape index (κ3) is 6.50. The highest BCUT2D eigenvalue weighted by Crippen LogP contribution is 2.07. The van der Waals surface area contributed by atoms with Gasteiger partial charge in [-0.1, -0.05) is 0 Å². The van der Waals surface area contributed by atoms with Crippen LogP contribution >= 0.6 is 0 Å². The second-order valence-electron chi connectivity index (χ2n) is 4.13. The Labute approximate surface area is 116 Å². The van der Waals surface area contributed by atoms with Gasteiger partial charge in [0, 0.05) is 12.8 Å². The highest BCUT2D eigenvalue weighted by atomic mass is 16.5. The third-order valence-electron chi connectivity index (χ3n) is 2.48. The second kappa shape index (κ2) is 8.65. The van der Waals surface area contributed by atoms with E-state index in [1.54, 1.807) is 12.1 Å². The monoisotopic (exact) mass is 279 g/mol. The molecule has 1 aromatic rings. The van der Waals surface area contributed by atoms with Crippen LogP contribution in [0.3, 0.4) is 0 Å². The van der Waals surface area contributed by atoms with Crippen LogP contribution in [0, 0.1) is 0 Å². The first-order valence-electron chi connectivity index (χ1n) is 6.15. The molecule has 1 rings (SSSR count). The maximum atomic E-state index is 11.4. The number of phenols is 1. The molecule has 0 aromatic heterocycles. The molecule has 0 bridgehead atoms. The molecule has 0 unspecified atom stereocenters. The highest BCUT2D eigenvalue weighted by Gasteiger charge is 2.02. The zero-order valence-electron chi connectivity index (χ0n) is 10.9. The molecule has 4 N–H and O–H groups in total. The van der Waals surface area contributed by atoms with Crippen LogP contribution in [0.25, 0.3) is 0 Å². The van der Waals surface area contributed by atoms with Gasteiger partial charge in [-0.05, 0) is 42.7 Å². The van der Waals surface area contributed by atoms with E-state index in [0.29, 0.717) is 12.8 Å². The molecule has 20 heavy (non-hydrogen) atoms. The number of nitrogens with one attached hydrogen (secondary N) is 2. The summed E-state index contributed by atoms with van der Waals surface area (Å²) < 4.78 is 0. The van der Waals surface area contributed by atoms with Gasteiger partial charge in [-0.3, -0.25) is 14.8 Å².